The zero-order valence-electron chi connectivity index (χ0n) is 13.9. The van der Waals surface area contributed by atoms with Crippen molar-refractivity contribution < 1.29 is 9.53 Å². The number of carbonyl (C=O) groups is 1. The quantitative estimate of drug-likeness (QED) is 0.493. The van der Waals surface area contributed by atoms with Gasteiger partial charge in [-0.3, -0.25) is 4.79 Å². The Bertz CT molecular complexity index is 785. The van der Waals surface area contributed by atoms with Crippen LogP contribution in [-0.4, -0.2) is 11.0 Å². The fourth-order valence-corrected chi connectivity index (χ4v) is 2.83. The monoisotopic (exact) mass is 339 g/mol. The van der Waals surface area contributed by atoms with Gasteiger partial charge in [0.2, 0.25) is 0 Å². The van der Waals surface area contributed by atoms with Crippen molar-refractivity contribution in [3.05, 3.63) is 36.4 Å². The Morgan fingerprint density at radius 1 is 1.00 bits per heavy atom. The van der Waals surface area contributed by atoms with Crippen LogP contribution in [0.15, 0.2) is 46.6 Å². The van der Waals surface area contributed by atoms with E-state index < -0.39 is 0 Å². The molecule has 1 saturated carbocycles. The largest absolute Gasteiger partial charge is 0.424 e. The first kappa shape index (κ1) is 16.9. The Morgan fingerprint density at radius 3 is 2.48 bits per heavy atom. The van der Waals surface area contributed by atoms with Crippen LogP contribution in [0.4, 0.5) is 23.0 Å². The fourth-order valence-electron chi connectivity index (χ4n) is 2.83. The van der Waals surface area contributed by atoms with Crippen LogP contribution in [0.3, 0.4) is 0 Å². The predicted octanol–water partition coefficient (Wildman–Crippen LogP) is 4.15. The molecule has 1 aliphatic rings. The van der Waals surface area contributed by atoms with Gasteiger partial charge in [0, 0.05) is 0 Å². The van der Waals surface area contributed by atoms with Gasteiger partial charge < -0.3 is 16.2 Å². The van der Waals surface area contributed by atoms with Crippen molar-refractivity contribution in [2.45, 2.75) is 32.1 Å². The number of anilines is 2. The van der Waals surface area contributed by atoms with Gasteiger partial charge in [-0.15, -0.1) is 10.2 Å². The van der Waals surface area contributed by atoms with Gasteiger partial charge in [-0.05, 0) is 37.1 Å². The molecular formula is C18H21N5O2. The summed E-state index contributed by atoms with van der Waals surface area (Å²) < 4.78 is 5.56. The van der Waals surface area contributed by atoms with E-state index in [-0.39, 0.29) is 17.7 Å². The molecule has 0 amide bonds. The minimum atomic E-state index is -0.198. The number of ether oxygens (including phenoxy) is 1. The van der Waals surface area contributed by atoms with E-state index in [2.05, 4.69) is 15.2 Å². The van der Waals surface area contributed by atoms with Crippen molar-refractivity contribution >= 4 is 29.0 Å². The average Bonchev–Trinajstić information content (AvgIpc) is 2.63. The number of nitrogens with two attached hydrogens (primary N) is 2. The summed E-state index contributed by atoms with van der Waals surface area (Å²) in [4.78, 5) is 16.3. The van der Waals surface area contributed by atoms with E-state index in [0.29, 0.717) is 22.9 Å². The van der Waals surface area contributed by atoms with E-state index in [0.717, 1.165) is 25.7 Å². The fraction of sp³-hybridized carbons (Fsp3) is 0.333. The second-order valence-corrected chi connectivity index (χ2v) is 6.06. The van der Waals surface area contributed by atoms with E-state index in [9.17, 15) is 4.79 Å². The number of hydrogen-bond acceptors (Lipinski definition) is 7. The van der Waals surface area contributed by atoms with E-state index in [4.69, 9.17) is 16.2 Å². The molecule has 1 aliphatic carbocycles. The van der Waals surface area contributed by atoms with Crippen LogP contribution in [-0.2, 0) is 4.79 Å². The third-order valence-corrected chi connectivity index (χ3v) is 4.20. The molecule has 0 spiro atoms. The van der Waals surface area contributed by atoms with Crippen LogP contribution in [0.2, 0.25) is 0 Å². The second kappa shape index (κ2) is 7.74. The maximum atomic E-state index is 12.3. The van der Waals surface area contributed by atoms with Crippen LogP contribution in [0.25, 0.3) is 0 Å². The smallest absolute Gasteiger partial charge is 0.314 e. The van der Waals surface area contributed by atoms with Gasteiger partial charge >= 0.3 is 5.97 Å². The van der Waals surface area contributed by atoms with E-state index in [1.165, 1.54) is 6.42 Å². The number of carbonyl (C=O) groups excluding carboxylic acids is 1. The molecule has 0 radical (unpaired) electrons. The van der Waals surface area contributed by atoms with Crippen molar-refractivity contribution in [2.24, 2.45) is 16.1 Å². The summed E-state index contributed by atoms with van der Waals surface area (Å²) in [5.74, 6) is 0.675. The number of rotatable bonds is 4. The van der Waals surface area contributed by atoms with Gasteiger partial charge in [-0.2, -0.15) is 0 Å². The number of nitrogens with zero attached hydrogens (tertiary/aromatic N) is 3. The Balaban J connectivity index is 1.76. The lowest BCUT2D eigenvalue weighted by Crippen LogP contribution is -2.22. The molecule has 4 N–H and O–H groups in total. The summed E-state index contributed by atoms with van der Waals surface area (Å²) in [6.45, 7) is 0. The van der Waals surface area contributed by atoms with Crippen molar-refractivity contribution in [1.82, 2.24) is 4.98 Å². The third-order valence-electron chi connectivity index (χ3n) is 4.20. The molecule has 0 aliphatic heterocycles. The minimum absolute atomic E-state index is 0.0318. The summed E-state index contributed by atoms with van der Waals surface area (Å²) in [5.41, 5.74) is 12.2. The Hall–Kier alpha value is -2.96. The van der Waals surface area contributed by atoms with Crippen LogP contribution in [0.5, 0.6) is 5.75 Å². The maximum Gasteiger partial charge on any atom is 0.314 e. The topological polar surface area (TPSA) is 116 Å². The number of esters is 1. The van der Waals surface area contributed by atoms with Crippen molar-refractivity contribution in [1.29, 1.82) is 0 Å². The average molecular weight is 339 g/mol. The molecule has 0 saturated heterocycles. The molecule has 3 rings (SSSR count). The highest BCUT2D eigenvalue weighted by atomic mass is 16.5. The van der Waals surface area contributed by atoms with E-state index >= 15 is 0 Å². The second-order valence-electron chi connectivity index (χ2n) is 6.06. The lowest BCUT2D eigenvalue weighted by molar-refractivity contribution is -0.139. The van der Waals surface area contributed by atoms with E-state index in [1.54, 1.807) is 36.4 Å². The molecule has 1 aromatic carbocycles. The molecule has 2 aromatic rings. The van der Waals surface area contributed by atoms with Crippen LogP contribution >= 0.6 is 0 Å². The lowest BCUT2D eigenvalue weighted by Gasteiger charge is -2.20. The number of pyridine rings is 1. The van der Waals surface area contributed by atoms with Crippen molar-refractivity contribution in [3.8, 4) is 5.75 Å². The Labute approximate surface area is 146 Å². The highest BCUT2D eigenvalue weighted by Gasteiger charge is 2.23. The first-order chi connectivity index (χ1) is 12.1. The first-order valence-electron chi connectivity index (χ1n) is 8.38. The van der Waals surface area contributed by atoms with Crippen molar-refractivity contribution in [3.63, 3.8) is 0 Å². The zero-order chi connectivity index (χ0) is 17.6. The molecule has 25 heavy (non-hydrogen) atoms. The van der Waals surface area contributed by atoms with Crippen molar-refractivity contribution in [2.75, 3.05) is 11.5 Å². The zero-order valence-corrected chi connectivity index (χ0v) is 13.9. The number of nitrogen functional groups attached to an aromatic ring is 2. The Kier molecular flexibility index (Phi) is 5.23. The molecular weight excluding hydrogens is 318 g/mol. The number of azo groups is 1. The van der Waals surface area contributed by atoms with Gasteiger partial charge in [-0.25, -0.2) is 4.98 Å². The summed E-state index contributed by atoms with van der Waals surface area (Å²) in [6.07, 6.45) is 5.10. The highest BCUT2D eigenvalue weighted by Crippen LogP contribution is 2.32. The molecule has 7 nitrogen and oxygen atoms in total. The molecule has 0 atom stereocenters. The highest BCUT2D eigenvalue weighted by molar-refractivity contribution is 5.76. The molecule has 0 unspecified atom stereocenters. The lowest BCUT2D eigenvalue weighted by atomic mass is 9.89. The Morgan fingerprint density at radius 2 is 1.72 bits per heavy atom. The normalized spacial score (nSPS) is 15.4. The molecule has 1 aromatic heterocycles. The first-order valence-corrected chi connectivity index (χ1v) is 8.38. The summed E-state index contributed by atoms with van der Waals surface area (Å²) in [7, 11) is 0. The maximum absolute atomic E-state index is 12.3. The van der Waals surface area contributed by atoms with Crippen LogP contribution < -0.4 is 16.2 Å². The van der Waals surface area contributed by atoms with Gasteiger partial charge in [0.15, 0.2) is 11.6 Å². The number of hydrogen-bond donors (Lipinski definition) is 2. The molecule has 130 valence electrons. The summed E-state index contributed by atoms with van der Waals surface area (Å²) in [5, 5.41) is 8.24. The molecule has 7 heteroatoms. The van der Waals surface area contributed by atoms with Gasteiger partial charge in [0.1, 0.15) is 17.2 Å². The van der Waals surface area contributed by atoms with Gasteiger partial charge in [0.05, 0.1) is 5.92 Å². The number of aromatic nitrogens is 1. The standard InChI is InChI=1S/C18H21N5O2/c19-16-11-10-14(17(20)21-16)23-22-13-8-4-5-9-15(13)25-18(24)12-6-2-1-3-7-12/h4-5,8-12H,1-3,6-7H2,(H4,19,20,21). The van der Waals surface area contributed by atoms with Gasteiger partial charge in [0.25, 0.3) is 0 Å². The minimum Gasteiger partial charge on any atom is -0.424 e. The number of benzene rings is 1. The molecule has 1 heterocycles. The predicted molar refractivity (Wildman–Crippen MR) is 95.9 cm³/mol. The summed E-state index contributed by atoms with van der Waals surface area (Å²) >= 11 is 0. The van der Waals surface area contributed by atoms with E-state index in [1.807, 2.05) is 0 Å². The third kappa shape index (κ3) is 4.32. The SMILES string of the molecule is Nc1ccc(N=Nc2ccccc2OC(=O)C2CCCCC2)c(N)n1. The molecule has 0 bridgehead atoms. The molecule has 1 fully saturated rings. The summed E-state index contributed by atoms with van der Waals surface area (Å²) in [6, 6.07) is 10.3. The van der Waals surface area contributed by atoms with Crippen LogP contribution in [0.1, 0.15) is 32.1 Å². The number of para-hydroxylation sites is 1. The van der Waals surface area contributed by atoms with Crippen LogP contribution in [0, 0.1) is 5.92 Å². The van der Waals surface area contributed by atoms with Gasteiger partial charge in [-0.1, -0.05) is 31.4 Å².